The van der Waals surface area contributed by atoms with Gasteiger partial charge in [0.1, 0.15) is 11.6 Å². The van der Waals surface area contributed by atoms with Crippen LogP contribution in [0.25, 0.3) is 72.7 Å². The van der Waals surface area contributed by atoms with Crippen LogP contribution in [0.5, 0.6) is 5.75 Å². The highest BCUT2D eigenvalue weighted by atomic mass is 16.3. The average Bonchev–Trinajstić information content (AvgIpc) is 3.69. The minimum Gasteiger partial charge on any atom is -0.507 e. The second kappa shape index (κ2) is 16.7. The molecule has 0 fully saturated rings. The molecule has 6 aromatic carbocycles. The number of benzene rings is 6. The largest absolute Gasteiger partial charge is 0.507 e. The van der Waals surface area contributed by atoms with Crippen LogP contribution in [0.15, 0.2) is 140 Å². The van der Waals surface area contributed by atoms with E-state index >= 15 is 0 Å². The third-order valence-electron chi connectivity index (χ3n) is 12.3. The maximum Gasteiger partial charge on any atom is 0.149 e. The van der Waals surface area contributed by atoms with E-state index in [9.17, 15) is 5.11 Å². The second-order valence-electron chi connectivity index (χ2n) is 19.9. The average molecular weight is 853 g/mol. The number of phenols is 1. The fourth-order valence-corrected chi connectivity index (χ4v) is 8.71. The van der Waals surface area contributed by atoms with Gasteiger partial charge in [-0.2, -0.15) is 0 Å². The summed E-state index contributed by atoms with van der Waals surface area (Å²) in [5, 5.41) is 12.7. The number of nitrogens with zero attached hydrogens (tertiary/aromatic N) is 3. The highest BCUT2D eigenvalue weighted by Gasteiger charge is 2.31. The molecule has 0 bridgehead atoms. The molecular formula is C60H65N3O. The lowest BCUT2D eigenvalue weighted by Gasteiger charge is -2.28. The van der Waals surface area contributed by atoms with Crippen LogP contribution in [0.3, 0.4) is 0 Å². The summed E-state index contributed by atoms with van der Waals surface area (Å²) in [6, 6.07) is 42.3. The van der Waals surface area contributed by atoms with Crippen molar-refractivity contribution < 1.29 is 17.4 Å². The number of hydrogen-bond donors (Lipinski definition) is 1. The Morgan fingerprint density at radius 1 is 0.531 bits per heavy atom. The SMILES string of the molecule is [2H]C([2H])([2H])C(c1cc(-c2cc(-c3ccccc3)ccn2)cc(-c2cccc3c2nc(-c2cc(C(C)(C)C)cc(C(C)(C)C)c2O)n3-c2c(C(C)C)cc(-c3ccccc3)cc2C(C)C)c1)(C([2H])([2H])[2H])C([2H])([2H])[2H]. The first-order valence-corrected chi connectivity index (χ1v) is 22.3. The Morgan fingerprint density at radius 3 is 1.70 bits per heavy atom. The number of fused-ring (bicyclic) bond motifs is 1. The van der Waals surface area contributed by atoms with E-state index < -0.39 is 36.9 Å². The van der Waals surface area contributed by atoms with E-state index in [1.165, 1.54) is 12.1 Å². The Kier molecular flexibility index (Phi) is 8.92. The molecule has 0 aliphatic rings. The zero-order valence-corrected chi connectivity index (χ0v) is 38.7. The van der Waals surface area contributed by atoms with Crippen molar-refractivity contribution in [1.82, 2.24) is 14.5 Å². The summed E-state index contributed by atoms with van der Waals surface area (Å²) in [6.07, 6.45) is 1.62. The molecule has 2 heterocycles. The first-order chi connectivity index (χ1) is 34.0. The summed E-state index contributed by atoms with van der Waals surface area (Å²) in [4.78, 5) is 10.3. The molecule has 0 atom stereocenters. The van der Waals surface area contributed by atoms with Crippen LogP contribution < -0.4 is 0 Å². The minimum atomic E-state index is -3.54. The van der Waals surface area contributed by atoms with E-state index in [0.29, 0.717) is 44.8 Å². The quantitative estimate of drug-likeness (QED) is 0.166. The highest BCUT2D eigenvalue weighted by molar-refractivity contribution is 5.97. The number of aromatic hydroxyl groups is 1. The summed E-state index contributed by atoms with van der Waals surface area (Å²) in [6.45, 7) is 10.7. The number of aromatic nitrogens is 3. The zero-order chi connectivity index (χ0) is 53.4. The topological polar surface area (TPSA) is 50.9 Å². The molecule has 4 heteroatoms. The zero-order valence-electron chi connectivity index (χ0n) is 47.7. The Morgan fingerprint density at radius 2 is 1.12 bits per heavy atom. The van der Waals surface area contributed by atoms with Crippen molar-refractivity contribution in [2.24, 2.45) is 0 Å². The van der Waals surface area contributed by atoms with Crippen molar-refractivity contribution >= 4 is 11.0 Å². The van der Waals surface area contributed by atoms with Crippen molar-refractivity contribution in [3.8, 4) is 67.5 Å². The van der Waals surface area contributed by atoms with Crippen LogP contribution in [-0.4, -0.2) is 19.6 Å². The van der Waals surface area contributed by atoms with Crippen LogP contribution in [0.2, 0.25) is 0 Å². The molecule has 2 aromatic heterocycles. The van der Waals surface area contributed by atoms with E-state index in [0.717, 1.165) is 50.2 Å². The van der Waals surface area contributed by atoms with Crippen LogP contribution in [0.1, 0.15) is 142 Å². The predicted molar refractivity (Wildman–Crippen MR) is 272 cm³/mol. The molecule has 0 saturated heterocycles. The third-order valence-corrected chi connectivity index (χ3v) is 12.3. The van der Waals surface area contributed by atoms with Crippen molar-refractivity contribution in [1.29, 1.82) is 0 Å². The van der Waals surface area contributed by atoms with Gasteiger partial charge in [-0.15, -0.1) is 0 Å². The number of hydrogen-bond acceptors (Lipinski definition) is 3. The van der Waals surface area contributed by atoms with Gasteiger partial charge in [-0.3, -0.25) is 9.55 Å². The standard InChI is InChI=1S/C60H65N3O/c1-37(2)48-32-42(40-23-18-15-19-24-40)33-49(38(3)4)55(48)63-53-26-20-25-47(54(53)62-57(63)50-35-46(59(8,9)10)36-51(56(50)64)60(11,12)13)43-29-44(31-45(30-43)58(5,6)7)52-34-41(27-28-61-52)39-21-16-14-17-22-39/h14-38,64H,1-13H3/i5D3,6D3,7D3. The van der Waals surface area contributed by atoms with Gasteiger partial charge in [0, 0.05) is 35.2 Å². The third kappa shape index (κ3) is 8.55. The summed E-state index contributed by atoms with van der Waals surface area (Å²) < 4.78 is 81.5. The van der Waals surface area contributed by atoms with E-state index in [-0.39, 0.29) is 23.0 Å². The van der Waals surface area contributed by atoms with E-state index in [1.807, 2.05) is 84.9 Å². The fourth-order valence-electron chi connectivity index (χ4n) is 8.71. The van der Waals surface area contributed by atoms with Gasteiger partial charge in [0.05, 0.1) is 28.0 Å². The molecule has 64 heavy (non-hydrogen) atoms. The summed E-state index contributed by atoms with van der Waals surface area (Å²) in [5.74, 6) is 0.567. The summed E-state index contributed by atoms with van der Waals surface area (Å²) in [5.41, 5.74) is 7.15. The van der Waals surface area contributed by atoms with E-state index in [1.54, 1.807) is 12.3 Å². The van der Waals surface area contributed by atoms with E-state index in [2.05, 4.69) is 104 Å². The lowest BCUT2D eigenvalue weighted by molar-refractivity contribution is 0.446. The van der Waals surface area contributed by atoms with Crippen molar-refractivity contribution in [3.05, 3.63) is 167 Å². The number of pyridine rings is 1. The molecule has 0 radical (unpaired) electrons. The Labute approximate surface area is 394 Å². The molecule has 4 nitrogen and oxygen atoms in total. The van der Waals surface area contributed by atoms with Crippen LogP contribution >= 0.6 is 0 Å². The second-order valence-corrected chi connectivity index (χ2v) is 19.9. The highest BCUT2D eigenvalue weighted by Crippen LogP contribution is 2.47. The molecule has 0 spiro atoms. The lowest BCUT2D eigenvalue weighted by atomic mass is 9.78. The number of phenolic OH excluding ortho intramolecular Hbond substituents is 1. The molecule has 0 amide bonds. The van der Waals surface area contributed by atoms with Gasteiger partial charge in [-0.25, -0.2) is 4.98 Å². The molecule has 0 aliphatic carbocycles. The maximum atomic E-state index is 12.7. The minimum absolute atomic E-state index is 0.00968. The number of imidazole rings is 1. The summed E-state index contributed by atoms with van der Waals surface area (Å²) in [7, 11) is 0. The molecule has 0 saturated carbocycles. The predicted octanol–water partition coefficient (Wildman–Crippen LogP) is 16.6. The van der Waals surface area contributed by atoms with Gasteiger partial charge in [0.15, 0.2) is 0 Å². The Hall–Kier alpha value is -6.26. The monoisotopic (exact) mass is 853 g/mol. The van der Waals surface area contributed by atoms with Crippen molar-refractivity contribution in [3.63, 3.8) is 0 Å². The maximum absolute atomic E-state index is 12.7. The molecule has 8 rings (SSSR count). The van der Waals surface area contributed by atoms with Gasteiger partial charge in [-0.05, 0) is 127 Å². The van der Waals surface area contributed by atoms with Crippen LogP contribution in [0, 0.1) is 0 Å². The van der Waals surface area contributed by atoms with Crippen LogP contribution in [-0.2, 0) is 16.2 Å². The fraction of sp³-hybridized carbons (Fsp3) is 0.300. The molecule has 0 aliphatic heterocycles. The molecular weight excluding hydrogens is 779 g/mol. The van der Waals surface area contributed by atoms with Gasteiger partial charge < -0.3 is 5.11 Å². The number of rotatable bonds is 8. The first-order valence-electron chi connectivity index (χ1n) is 26.8. The molecule has 326 valence electrons. The van der Waals surface area contributed by atoms with Crippen molar-refractivity contribution in [2.45, 2.75) is 118 Å². The molecule has 1 N–H and O–H groups in total. The smallest absolute Gasteiger partial charge is 0.149 e. The van der Waals surface area contributed by atoms with Gasteiger partial charge >= 0.3 is 0 Å². The number of para-hydroxylation sites is 1. The van der Waals surface area contributed by atoms with Crippen molar-refractivity contribution in [2.75, 3.05) is 0 Å². The van der Waals surface area contributed by atoms with Crippen LogP contribution in [0.4, 0.5) is 0 Å². The Bertz CT molecular complexity index is 3270. The molecule has 0 unspecified atom stereocenters. The lowest BCUT2D eigenvalue weighted by Crippen LogP contribution is -2.17. The normalized spacial score (nSPS) is 15.2. The van der Waals surface area contributed by atoms with Gasteiger partial charge in [-0.1, -0.05) is 175 Å². The summed E-state index contributed by atoms with van der Waals surface area (Å²) >= 11 is 0. The van der Waals surface area contributed by atoms with Gasteiger partial charge in [0.2, 0.25) is 0 Å². The first kappa shape index (κ1) is 34.2. The van der Waals surface area contributed by atoms with Gasteiger partial charge in [0.25, 0.3) is 0 Å². The Balaban J connectivity index is 1.56. The van der Waals surface area contributed by atoms with E-state index in [4.69, 9.17) is 22.3 Å². The molecule has 8 aromatic rings.